The molecule has 17 heavy (non-hydrogen) atoms. The smallest absolute Gasteiger partial charge is 0.113 e. The maximum absolute atomic E-state index is 8.71. The quantitative estimate of drug-likeness (QED) is 0.780. The van der Waals surface area contributed by atoms with Crippen LogP contribution in [0.5, 0.6) is 0 Å². The summed E-state index contributed by atoms with van der Waals surface area (Å²) in [4.78, 5) is 4.14. The SMILES string of the molecule is Cc1nccn1C(Cl)Cc1ccc(C#N)cc1. The van der Waals surface area contributed by atoms with Gasteiger partial charge in [-0.25, -0.2) is 4.98 Å². The van der Waals surface area contributed by atoms with Crippen LogP contribution < -0.4 is 0 Å². The minimum absolute atomic E-state index is 0.148. The number of alkyl halides is 1. The van der Waals surface area contributed by atoms with Gasteiger partial charge in [0.25, 0.3) is 0 Å². The molecule has 0 aliphatic rings. The molecule has 1 heterocycles. The normalized spacial score (nSPS) is 12.1. The molecule has 1 aromatic heterocycles. The lowest BCUT2D eigenvalue weighted by atomic mass is 10.1. The second kappa shape index (κ2) is 5.03. The Labute approximate surface area is 105 Å². The number of imidazole rings is 1. The molecule has 3 nitrogen and oxygen atoms in total. The molecule has 1 atom stereocenters. The lowest BCUT2D eigenvalue weighted by Gasteiger charge is -2.12. The predicted molar refractivity (Wildman–Crippen MR) is 66.7 cm³/mol. The first-order chi connectivity index (χ1) is 8.20. The standard InChI is InChI=1S/C13H12ClN3/c1-10-16-6-7-17(10)13(14)8-11-2-4-12(9-15)5-3-11/h2-7,13H,8H2,1H3. The van der Waals surface area contributed by atoms with E-state index >= 15 is 0 Å². The summed E-state index contributed by atoms with van der Waals surface area (Å²) in [6, 6.07) is 9.57. The Morgan fingerprint density at radius 3 is 2.65 bits per heavy atom. The molecule has 0 bridgehead atoms. The van der Waals surface area contributed by atoms with Crippen molar-refractivity contribution in [1.29, 1.82) is 5.26 Å². The third kappa shape index (κ3) is 2.66. The minimum Gasteiger partial charge on any atom is -0.318 e. The van der Waals surface area contributed by atoms with E-state index in [9.17, 15) is 0 Å². The highest BCUT2D eigenvalue weighted by Gasteiger charge is 2.09. The maximum Gasteiger partial charge on any atom is 0.113 e. The van der Waals surface area contributed by atoms with Crippen LogP contribution in [-0.4, -0.2) is 9.55 Å². The largest absolute Gasteiger partial charge is 0.318 e. The summed E-state index contributed by atoms with van der Waals surface area (Å²) in [6.07, 6.45) is 4.32. The summed E-state index contributed by atoms with van der Waals surface area (Å²) in [5, 5.41) is 8.71. The van der Waals surface area contributed by atoms with Gasteiger partial charge < -0.3 is 4.57 Å². The number of nitrogens with zero attached hydrogens (tertiary/aromatic N) is 3. The maximum atomic E-state index is 8.71. The van der Waals surface area contributed by atoms with Crippen LogP contribution in [0.25, 0.3) is 0 Å². The van der Waals surface area contributed by atoms with E-state index < -0.39 is 0 Å². The minimum atomic E-state index is -0.148. The number of hydrogen-bond donors (Lipinski definition) is 0. The highest BCUT2D eigenvalue weighted by molar-refractivity contribution is 6.19. The molecule has 0 aliphatic carbocycles. The van der Waals surface area contributed by atoms with Crippen molar-refractivity contribution in [1.82, 2.24) is 9.55 Å². The Morgan fingerprint density at radius 1 is 1.41 bits per heavy atom. The zero-order valence-electron chi connectivity index (χ0n) is 9.47. The number of halogens is 1. The fraction of sp³-hybridized carbons (Fsp3) is 0.231. The van der Waals surface area contributed by atoms with Crippen LogP contribution in [0.4, 0.5) is 0 Å². The Kier molecular flexibility index (Phi) is 3.46. The van der Waals surface area contributed by atoms with Crippen molar-refractivity contribution in [3.05, 3.63) is 53.6 Å². The van der Waals surface area contributed by atoms with E-state index in [1.165, 1.54) is 0 Å². The fourth-order valence-corrected chi connectivity index (χ4v) is 2.08. The van der Waals surface area contributed by atoms with E-state index in [-0.39, 0.29) is 5.50 Å². The molecular weight excluding hydrogens is 234 g/mol. The van der Waals surface area contributed by atoms with Gasteiger partial charge in [0, 0.05) is 18.8 Å². The molecular formula is C13H12ClN3. The molecule has 0 spiro atoms. The van der Waals surface area contributed by atoms with Gasteiger partial charge in [-0.15, -0.1) is 0 Å². The first-order valence-electron chi connectivity index (χ1n) is 5.33. The van der Waals surface area contributed by atoms with Gasteiger partial charge in [-0.2, -0.15) is 5.26 Å². The number of aromatic nitrogens is 2. The van der Waals surface area contributed by atoms with Crippen LogP contribution in [0.15, 0.2) is 36.7 Å². The van der Waals surface area contributed by atoms with Gasteiger partial charge in [0.05, 0.1) is 11.6 Å². The van der Waals surface area contributed by atoms with Gasteiger partial charge in [0.15, 0.2) is 0 Å². The van der Waals surface area contributed by atoms with Crippen molar-refractivity contribution in [2.24, 2.45) is 0 Å². The molecule has 2 aromatic rings. The van der Waals surface area contributed by atoms with Gasteiger partial charge >= 0.3 is 0 Å². The number of rotatable bonds is 3. The monoisotopic (exact) mass is 245 g/mol. The highest BCUT2D eigenvalue weighted by Crippen LogP contribution is 2.20. The van der Waals surface area contributed by atoms with Gasteiger partial charge in [-0.1, -0.05) is 23.7 Å². The van der Waals surface area contributed by atoms with E-state index in [1.807, 2.05) is 29.8 Å². The topological polar surface area (TPSA) is 41.6 Å². The Morgan fingerprint density at radius 2 is 2.12 bits per heavy atom. The summed E-state index contributed by atoms with van der Waals surface area (Å²) >= 11 is 6.32. The highest BCUT2D eigenvalue weighted by atomic mass is 35.5. The predicted octanol–water partition coefficient (Wildman–Crippen LogP) is 3.04. The van der Waals surface area contributed by atoms with Gasteiger partial charge in [-0.3, -0.25) is 0 Å². The molecule has 0 saturated carbocycles. The second-order valence-corrected chi connectivity index (χ2v) is 4.33. The number of nitriles is 1. The van der Waals surface area contributed by atoms with Crippen molar-refractivity contribution in [3.8, 4) is 6.07 Å². The van der Waals surface area contributed by atoms with Crippen LogP contribution in [0.2, 0.25) is 0 Å². The van der Waals surface area contributed by atoms with Crippen molar-refractivity contribution >= 4 is 11.6 Å². The molecule has 1 aromatic carbocycles. The summed E-state index contributed by atoms with van der Waals surface area (Å²) in [6.45, 7) is 1.92. The Hall–Kier alpha value is -1.79. The molecule has 1 unspecified atom stereocenters. The van der Waals surface area contributed by atoms with Crippen LogP contribution in [-0.2, 0) is 6.42 Å². The molecule has 4 heteroatoms. The average molecular weight is 246 g/mol. The first kappa shape index (κ1) is 11.7. The molecule has 0 radical (unpaired) electrons. The van der Waals surface area contributed by atoms with Gasteiger partial charge in [0.1, 0.15) is 11.3 Å². The fourth-order valence-electron chi connectivity index (χ4n) is 1.69. The van der Waals surface area contributed by atoms with Gasteiger partial charge in [-0.05, 0) is 24.6 Å². The van der Waals surface area contributed by atoms with Crippen molar-refractivity contribution in [2.45, 2.75) is 18.8 Å². The summed E-state index contributed by atoms with van der Waals surface area (Å²) in [7, 11) is 0. The van der Waals surface area contributed by atoms with E-state index in [4.69, 9.17) is 16.9 Å². The van der Waals surface area contributed by atoms with E-state index in [0.29, 0.717) is 12.0 Å². The number of aryl methyl sites for hydroxylation is 1. The van der Waals surface area contributed by atoms with Crippen molar-refractivity contribution < 1.29 is 0 Å². The summed E-state index contributed by atoms with van der Waals surface area (Å²) < 4.78 is 1.93. The third-order valence-electron chi connectivity index (χ3n) is 2.65. The lowest BCUT2D eigenvalue weighted by Crippen LogP contribution is -2.06. The molecule has 86 valence electrons. The van der Waals surface area contributed by atoms with E-state index in [2.05, 4.69) is 11.1 Å². The van der Waals surface area contributed by atoms with Crippen molar-refractivity contribution in [2.75, 3.05) is 0 Å². The van der Waals surface area contributed by atoms with Crippen LogP contribution in [0.1, 0.15) is 22.5 Å². The van der Waals surface area contributed by atoms with E-state index in [0.717, 1.165) is 11.4 Å². The summed E-state index contributed by atoms with van der Waals surface area (Å²) in [5.74, 6) is 0.902. The zero-order chi connectivity index (χ0) is 12.3. The number of hydrogen-bond acceptors (Lipinski definition) is 2. The first-order valence-corrected chi connectivity index (χ1v) is 5.77. The molecule has 0 aliphatic heterocycles. The second-order valence-electron chi connectivity index (χ2n) is 3.83. The van der Waals surface area contributed by atoms with Crippen LogP contribution >= 0.6 is 11.6 Å². The lowest BCUT2D eigenvalue weighted by molar-refractivity contribution is 0.643. The number of benzene rings is 1. The zero-order valence-corrected chi connectivity index (χ0v) is 10.2. The van der Waals surface area contributed by atoms with E-state index in [1.54, 1.807) is 18.3 Å². The Balaban J connectivity index is 2.11. The molecule has 0 amide bonds. The molecule has 0 N–H and O–H groups in total. The van der Waals surface area contributed by atoms with Crippen molar-refractivity contribution in [3.63, 3.8) is 0 Å². The molecule has 0 fully saturated rings. The average Bonchev–Trinajstić information content (AvgIpc) is 2.76. The molecule has 2 rings (SSSR count). The Bertz CT molecular complexity index is 537. The summed E-state index contributed by atoms with van der Waals surface area (Å²) in [5.41, 5.74) is 1.63. The van der Waals surface area contributed by atoms with Gasteiger partial charge in [0.2, 0.25) is 0 Å². The van der Waals surface area contributed by atoms with Crippen LogP contribution in [0.3, 0.4) is 0 Å². The third-order valence-corrected chi connectivity index (χ3v) is 3.02. The molecule has 0 saturated heterocycles. The van der Waals surface area contributed by atoms with Crippen LogP contribution in [0, 0.1) is 18.3 Å².